The molecule has 0 fully saturated rings. The number of ether oxygens (including phenoxy) is 1. The number of hydrogen-bond acceptors (Lipinski definition) is 12. The molecule has 0 bridgehead atoms. The van der Waals surface area contributed by atoms with Crippen molar-refractivity contribution in [2.75, 3.05) is 5.88 Å². The number of aryl methyl sites for hydroxylation is 1. The highest BCUT2D eigenvalue weighted by Gasteiger charge is 2.19. The number of carbonyl (C=O) groups is 1. The number of esters is 1. The SMILES string of the molecule is CCc1nc(SOOO)c(SOOO)nc1OC(=O)CCCl. The number of halogens is 1. The zero-order chi connectivity index (χ0) is 16.4. The van der Waals surface area contributed by atoms with Crippen molar-refractivity contribution in [3.63, 3.8) is 0 Å². The van der Waals surface area contributed by atoms with Gasteiger partial charge in [-0.25, -0.2) is 15.5 Å². The molecule has 0 aliphatic carbocycles. The molecule has 1 rings (SSSR count). The molecule has 0 amide bonds. The lowest BCUT2D eigenvalue weighted by molar-refractivity contribution is -0.432. The van der Waals surface area contributed by atoms with Gasteiger partial charge in [0.2, 0.25) is 5.88 Å². The second-order valence-corrected chi connectivity index (χ2v) is 5.06. The lowest BCUT2D eigenvalue weighted by atomic mass is 10.3. The summed E-state index contributed by atoms with van der Waals surface area (Å²) in [7, 11) is 0. The number of carbonyl (C=O) groups excluding carboxylic acids is 1. The van der Waals surface area contributed by atoms with Gasteiger partial charge >= 0.3 is 5.97 Å². The molecule has 0 aliphatic heterocycles. The number of alkyl halides is 1. The van der Waals surface area contributed by atoms with E-state index < -0.39 is 5.97 Å². The molecule has 0 saturated carbocycles. The predicted octanol–water partition coefficient (Wildman–Crippen LogP) is 2.43. The third-order valence-corrected chi connectivity index (χ3v) is 3.46. The summed E-state index contributed by atoms with van der Waals surface area (Å²) in [5.41, 5.74) is 0.348. The van der Waals surface area contributed by atoms with Gasteiger partial charge in [0.05, 0.1) is 30.5 Å². The first-order valence-corrected chi connectivity index (χ1v) is 7.65. The van der Waals surface area contributed by atoms with Crippen molar-refractivity contribution < 1.29 is 38.8 Å². The second kappa shape index (κ2) is 10.9. The molecule has 0 aromatic carbocycles. The minimum Gasteiger partial charge on any atom is -0.405 e. The largest absolute Gasteiger partial charge is 0.405 e. The molecule has 2 N–H and O–H groups in total. The minimum atomic E-state index is -0.579. The van der Waals surface area contributed by atoms with E-state index in [1.54, 1.807) is 6.92 Å². The molecule has 1 aromatic heterocycles. The summed E-state index contributed by atoms with van der Waals surface area (Å²) in [5, 5.41) is 23.4. The van der Waals surface area contributed by atoms with Crippen molar-refractivity contribution in [3.05, 3.63) is 5.69 Å². The average Bonchev–Trinajstić information content (AvgIpc) is 2.51. The molecule has 0 atom stereocenters. The Labute approximate surface area is 138 Å². The van der Waals surface area contributed by atoms with Gasteiger partial charge < -0.3 is 4.74 Å². The van der Waals surface area contributed by atoms with Gasteiger partial charge in [0.1, 0.15) is 5.69 Å². The third-order valence-electron chi connectivity index (χ3n) is 2.00. The van der Waals surface area contributed by atoms with E-state index in [0.29, 0.717) is 36.2 Å². The lowest BCUT2D eigenvalue weighted by Crippen LogP contribution is -2.12. The van der Waals surface area contributed by atoms with Crippen LogP contribution in [0.15, 0.2) is 10.1 Å². The fraction of sp³-hybridized carbons (Fsp3) is 0.444. The Morgan fingerprint density at radius 1 is 1.18 bits per heavy atom. The maximum absolute atomic E-state index is 11.5. The van der Waals surface area contributed by atoms with E-state index in [1.165, 1.54) is 0 Å². The van der Waals surface area contributed by atoms with E-state index in [-0.39, 0.29) is 28.2 Å². The van der Waals surface area contributed by atoms with Crippen LogP contribution in [0, 0.1) is 0 Å². The molecule has 0 saturated heterocycles. The van der Waals surface area contributed by atoms with Crippen LogP contribution in [0.1, 0.15) is 19.0 Å². The predicted molar refractivity (Wildman–Crippen MR) is 73.7 cm³/mol. The monoisotopic (exact) mass is 374 g/mol. The van der Waals surface area contributed by atoms with Crippen molar-refractivity contribution >= 4 is 41.7 Å². The van der Waals surface area contributed by atoms with Crippen molar-refractivity contribution in [1.82, 2.24) is 9.97 Å². The summed E-state index contributed by atoms with van der Waals surface area (Å²) in [6.07, 6.45) is 0.398. The van der Waals surface area contributed by atoms with Crippen LogP contribution in [-0.4, -0.2) is 32.3 Å². The highest BCUT2D eigenvalue weighted by Crippen LogP contribution is 2.32. The van der Waals surface area contributed by atoms with Crippen molar-refractivity contribution in [1.29, 1.82) is 0 Å². The van der Waals surface area contributed by atoms with Crippen LogP contribution >= 0.6 is 35.7 Å². The van der Waals surface area contributed by atoms with Crippen LogP contribution in [0.4, 0.5) is 0 Å². The number of rotatable bonds is 10. The van der Waals surface area contributed by atoms with Gasteiger partial charge in [0, 0.05) is 5.88 Å². The molecule has 1 aromatic rings. The Balaban J connectivity index is 3.05. The molecule has 13 heteroatoms. The molecular formula is C9H11ClN2O8S2. The van der Waals surface area contributed by atoms with Crippen LogP contribution in [0.25, 0.3) is 0 Å². The van der Waals surface area contributed by atoms with Gasteiger partial charge in [-0.05, 0) is 6.42 Å². The molecule has 0 aliphatic rings. The molecular weight excluding hydrogens is 364 g/mol. The summed E-state index contributed by atoms with van der Waals surface area (Å²) in [5.74, 6) is -0.521. The fourth-order valence-corrected chi connectivity index (χ4v) is 2.22. The van der Waals surface area contributed by atoms with Crippen LogP contribution in [-0.2, 0) is 30.0 Å². The maximum Gasteiger partial charge on any atom is 0.313 e. The van der Waals surface area contributed by atoms with E-state index >= 15 is 0 Å². The smallest absolute Gasteiger partial charge is 0.313 e. The zero-order valence-corrected chi connectivity index (χ0v) is 13.4. The van der Waals surface area contributed by atoms with Gasteiger partial charge in [0.25, 0.3) is 0 Å². The Morgan fingerprint density at radius 2 is 1.77 bits per heavy atom. The normalized spacial score (nSPS) is 10.7. The molecule has 1 heterocycles. The summed E-state index contributed by atoms with van der Waals surface area (Å²) in [6.45, 7) is 1.76. The summed E-state index contributed by atoms with van der Waals surface area (Å²) in [6, 6.07) is 0. The molecule has 124 valence electrons. The quantitative estimate of drug-likeness (QED) is 0.205. The summed E-state index contributed by atoms with van der Waals surface area (Å²) < 4.78 is 13.6. The van der Waals surface area contributed by atoms with Gasteiger partial charge in [0.15, 0.2) is 10.1 Å². The van der Waals surface area contributed by atoms with E-state index in [1.807, 2.05) is 0 Å². The van der Waals surface area contributed by atoms with Crippen LogP contribution < -0.4 is 4.74 Å². The molecule has 0 unspecified atom stereocenters. The van der Waals surface area contributed by atoms with Gasteiger partial charge in [-0.15, -0.1) is 20.3 Å². The Bertz CT molecular complexity index is 495. The molecule has 0 radical (unpaired) electrons. The standard InChI is InChI=1S/C9H11ClN2O8S2/c1-2-5-7(16-6(13)3-4-10)12-9(22-20-18-15)8(11-5)21-19-17-14/h14-15H,2-4H2,1H3. The van der Waals surface area contributed by atoms with Crippen molar-refractivity contribution in [2.45, 2.75) is 29.8 Å². The molecule has 0 spiro atoms. The van der Waals surface area contributed by atoms with Gasteiger partial charge in [-0.1, -0.05) is 17.0 Å². The van der Waals surface area contributed by atoms with Crippen LogP contribution in [0.5, 0.6) is 5.88 Å². The average molecular weight is 375 g/mol. The van der Waals surface area contributed by atoms with Crippen LogP contribution in [0.2, 0.25) is 0 Å². The fourth-order valence-electron chi connectivity index (χ4n) is 1.17. The van der Waals surface area contributed by atoms with Crippen molar-refractivity contribution in [2.24, 2.45) is 0 Å². The highest BCUT2D eigenvalue weighted by molar-refractivity contribution is 7.97. The summed E-state index contributed by atoms with van der Waals surface area (Å²) in [4.78, 5) is 19.6. The van der Waals surface area contributed by atoms with Gasteiger partial charge in [-0.2, -0.15) is 4.98 Å². The first-order valence-electron chi connectivity index (χ1n) is 5.63. The highest BCUT2D eigenvalue weighted by atomic mass is 35.5. The first kappa shape index (κ1) is 19.3. The Morgan fingerprint density at radius 3 is 2.27 bits per heavy atom. The van der Waals surface area contributed by atoms with Gasteiger partial charge in [-0.3, -0.25) is 4.79 Å². The minimum absolute atomic E-state index is 0.00306. The maximum atomic E-state index is 11.5. The summed E-state index contributed by atoms with van der Waals surface area (Å²) >= 11 is 6.45. The number of hydrogen-bond donors (Lipinski definition) is 2. The van der Waals surface area contributed by atoms with E-state index in [0.717, 1.165) is 0 Å². The van der Waals surface area contributed by atoms with Crippen LogP contribution in [0.3, 0.4) is 0 Å². The molecule has 10 nitrogen and oxygen atoms in total. The Kier molecular flexibility index (Phi) is 9.61. The zero-order valence-electron chi connectivity index (χ0n) is 11.1. The topological polar surface area (TPSA) is 129 Å². The van der Waals surface area contributed by atoms with E-state index in [2.05, 4.69) is 28.7 Å². The number of aromatic nitrogens is 2. The van der Waals surface area contributed by atoms with Crippen molar-refractivity contribution in [3.8, 4) is 5.88 Å². The number of nitrogens with zero attached hydrogens (tertiary/aromatic N) is 2. The third kappa shape index (κ3) is 6.20. The first-order chi connectivity index (χ1) is 10.7. The second-order valence-electron chi connectivity index (χ2n) is 3.30. The lowest BCUT2D eigenvalue weighted by Gasteiger charge is -2.10. The van der Waals surface area contributed by atoms with E-state index in [9.17, 15) is 4.79 Å². The Hall–Kier alpha value is -0.700. The van der Waals surface area contributed by atoms with E-state index in [4.69, 9.17) is 26.9 Å². The molecule has 22 heavy (non-hydrogen) atoms.